The first-order valence-corrected chi connectivity index (χ1v) is 4.41. The van der Waals surface area contributed by atoms with Gasteiger partial charge in [-0.25, -0.2) is 0 Å². The molecule has 0 N–H and O–H groups in total. The summed E-state index contributed by atoms with van der Waals surface area (Å²) in [7, 11) is 0. The van der Waals surface area contributed by atoms with Gasteiger partial charge in [0.15, 0.2) is 0 Å². The summed E-state index contributed by atoms with van der Waals surface area (Å²) in [6.07, 6.45) is 6.57. The molecule has 0 heteroatoms. The zero-order chi connectivity index (χ0) is 5.64. The molecule has 2 bridgehead atoms. The highest BCUT2D eigenvalue weighted by Crippen LogP contribution is 2.88. The van der Waals surface area contributed by atoms with Gasteiger partial charge in [0.05, 0.1) is 0 Å². The van der Waals surface area contributed by atoms with Crippen LogP contribution >= 0.6 is 0 Å². The van der Waals surface area contributed by atoms with Crippen LogP contribution in [0.25, 0.3) is 0 Å². The summed E-state index contributed by atoms with van der Waals surface area (Å²) in [5.41, 5.74) is 1.03. The quantitative estimate of drug-likeness (QED) is 0.459. The van der Waals surface area contributed by atoms with Crippen molar-refractivity contribution in [2.75, 3.05) is 0 Å². The van der Waals surface area contributed by atoms with E-state index < -0.39 is 0 Å². The third kappa shape index (κ3) is 0.210. The van der Waals surface area contributed by atoms with Crippen molar-refractivity contribution < 1.29 is 0 Å². The van der Waals surface area contributed by atoms with Gasteiger partial charge >= 0.3 is 0 Å². The summed E-state index contributed by atoms with van der Waals surface area (Å²) < 4.78 is 0. The molecule has 0 aromatic carbocycles. The van der Waals surface area contributed by atoms with Crippen molar-refractivity contribution >= 4 is 0 Å². The molecule has 0 heterocycles. The Morgan fingerprint density at radius 1 is 1.00 bits per heavy atom. The van der Waals surface area contributed by atoms with Crippen LogP contribution in [0, 0.1) is 29.1 Å². The maximum absolute atomic E-state index is 1.66. The first kappa shape index (κ1) is 4.00. The summed E-state index contributed by atoms with van der Waals surface area (Å²) in [6, 6.07) is 0. The van der Waals surface area contributed by atoms with Crippen LogP contribution in [0.1, 0.15) is 25.7 Å². The Bertz CT molecular complexity index is 186. The molecule has 0 aliphatic heterocycles. The van der Waals surface area contributed by atoms with Crippen molar-refractivity contribution in [1.29, 1.82) is 0 Å². The Kier molecular flexibility index (Phi) is 0.360. The normalized spacial score (nSPS) is 80.0. The van der Waals surface area contributed by atoms with Crippen LogP contribution in [0.15, 0.2) is 0 Å². The highest BCUT2D eigenvalue weighted by molar-refractivity contribution is 5.29. The first-order valence-electron chi connectivity index (χ1n) is 4.41. The van der Waals surface area contributed by atoms with Gasteiger partial charge in [-0.1, -0.05) is 0 Å². The highest BCUT2D eigenvalue weighted by Gasteiger charge is 2.81. The Labute approximate surface area is 55.6 Å². The first-order chi connectivity index (χ1) is 4.41. The van der Waals surface area contributed by atoms with Crippen molar-refractivity contribution in [3.05, 3.63) is 0 Å². The fourth-order valence-electron chi connectivity index (χ4n) is 4.68. The van der Waals surface area contributed by atoms with Crippen molar-refractivity contribution in [2.45, 2.75) is 25.7 Å². The average Bonchev–Trinajstić information content (AvgIpc) is 2.10. The monoisotopic (exact) mass is 120 g/mol. The molecule has 0 radical (unpaired) electrons. The largest absolute Gasteiger partial charge is 0.0470 e. The summed E-state index contributed by atoms with van der Waals surface area (Å²) in [5.74, 6) is 4.98. The summed E-state index contributed by atoms with van der Waals surface area (Å²) >= 11 is 0. The second-order valence-electron chi connectivity index (χ2n) is 4.80. The van der Waals surface area contributed by atoms with Crippen molar-refractivity contribution in [1.82, 2.24) is 0 Å². The van der Waals surface area contributed by atoms with Gasteiger partial charge in [0.1, 0.15) is 0 Å². The third-order valence-corrected chi connectivity index (χ3v) is 4.90. The fraction of sp³-hybridized carbons (Fsp3) is 1.00. The van der Waals surface area contributed by atoms with E-state index in [9.17, 15) is 0 Å². The molecule has 5 atom stereocenters. The molecule has 4 saturated carbocycles. The number of fused-ring (bicyclic) bond motifs is 2. The van der Waals surface area contributed by atoms with Crippen molar-refractivity contribution in [3.8, 4) is 0 Å². The van der Waals surface area contributed by atoms with Gasteiger partial charge in [-0.2, -0.15) is 0 Å². The molecule has 4 rings (SSSR count). The second-order valence-corrected chi connectivity index (χ2v) is 4.80. The lowest BCUT2D eigenvalue weighted by atomic mass is 9.75. The maximum atomic E-state index is 1.66. The Hall–Kier alpha value is 0. The highest BCUT2D eigenvalue weighted by atomic mass is 14.9. The van der Waals surface area contributed by atoms with Crippen LogP contribution < -0.4 is 0 Å². The van der Waals surface area contributed by atoms with Crippen LogP contribution in [0.4, 0.5) is 0 Å². The van der Waals surface area contributed by atoms with Crippen molar-refractivity contribution in [2.24, 2.45) is 29.1 Å². The SMILES string of the molecule is C1C2C[C@@H]3CC4C1C43C2. The predicted molar refractivity (Wildman–Crippen MR) is 34.9 cm³/mol. The molecule has 0 saturated heterocycles. The Balaban J connectivity index is 1.99. The standard InChI is InChI=1S/C9H12/c1-5-2-7-8-3-6(1)9(7,8)4-5/h5-8H,1-4H2/t5?,6-,7?,8?,9?/m1/s1. The molecule has 4 fully saturated rings. The van der Waals surface area contributed by atoms with Gasteiger partial charge < -0.3 is 0 Å². The molecule has 0 amide bonds. The van der Waals surface area contributed by atoms with Gasteiger partial charge in [-0.15, -0.1) is 0 Å². The topological polar surface area (TPSA) is 0 Å². The summed E-state index contributed by atoms with van der Waals surface area (Å²) in [5, 5.41) is 0. The van der Waals surface area contributed by atoms with Gasteiger partial charge in [-0.3, -0.25) is 0 Å². The molecule has 9 heavy (non-hydrogen) atoms. The molecular weight excluding hydrogens is 108 g/mol. The van der Waals surface area contributed by atoms with E-state index in [4.69, 9.17) is 0 Å². The van der Waals surface area contributed by atoms with E-state index in [1.807, 2.05) is 0 Å². The maximum Gasteiger partial charge on any atom is -0.0204 e. The average molecular weight is 120 g/mol. The van der Waals surface area contributed by atoms with Crippen molar-refractivity contribution in [3.63, 3.8) is 0 Å². The van der Waals surface area contributed by atoms with Crippen LogP contribution in [-0.2, 0) is 0 Å². The van der Waals surface area contributed by atoms with Crippen LogP contribution in [0.2, 0.25) is 0 Å². The minimum absolute atomic E-state index is 1.03. The van der Waals surface area contributed by atoms with E-state index >= 15 is 0 Å². The molecule has 1 spiro atoms. The molecule has 4 unspecified atom stereocenters. The van der Waals surface area contributed by atoms with Gasteiger partial charge in [0.25, 0.3) is 0 Å². The lowest BCUT2D eigenvalue weighted by molar-refractivity contribution is 0.195. The van der Waals surface area contributed by atoms with E-state index in [2.05, 4.69) is 0 Å². The van der Waals surface area contributed by atoms with E-state index in [1.165, 1.54) is 23.7 Å². The zero-order valence-electron chi connectivity index (χ0n) is 5.64. The lowest BCUT2D eigenvalue weighted by Crippen LogP contribution is -2.22. The molecule has 4 aliphatic rings. The van der Waals surface area contributed by atoms with E-state index in [1.54, 1.807) is 25.7 Å². The van der Waals surface area contributed by atoms with Crippen LogP contribution in [0.3, 0.4) is 0 Å². The third-order valence-electron chi connectivity index (χ3n) is 4.90. The molecule has 0 nitrogen and oxygen atoms in total. The minimum Gasteiger partial charge on any atom is -0.0470 e. The fourth-order valence-corrected chi connectivity index (χ4v) is 4.68. The zero-order valence-corrected chi connectivity index (χ0v) is 5.64. The molecule has 0 aromatic heterocycles. The molecular formula is C9H12. The summed E-state index contributed by atoms with van der Waals surface area (Å²) in [6.45, 7) is 0. The predicted octanol–water partition coefficient (Wildman–Crippen LogP) is 2.05. The molecule has 4 aliphatic carbocycles. The second kappa shape index (κ2) is 0.810. The minimum atomic E-state index is 1.03. The van der Waals surface area contributed by atoms with Crippen LogP contribution in [0.5, 0.6) is 0 Å². The van der Waals surface area contributed by atoms with Crippen LogP contribution in [-0.4, -0.2) is 0 Å². The van der Waals surface area contributed by atoms with E-state index in [0.717, 1.165) is 5.41 Å². The van der Waals surface area contributed by atoms with Gasteiger partial charge in [0.2, 0.25) is 0 Å². The van der Waals surface area contributed by atoms with Gasteiger partial charge in [-0.05, 0) is 54.8 Å². The summed E-state index contributed by atoms with van der Waals surface area (Å²) in [4.78, 5) is 0. The number of hydrogen-bond acceptors (Lipinski definition) is 0. The molecule has 48 valence electrons. The number of hydrogen-bond donors (Lipinski definition) is 0. The molecule has 0 aromatic rings. The Morgan fingerprint density at radius 2 is 1.89 bits per heavy atom. The van der Waals surface area contributed by atoms with E-state index in [-0.39, 0.29) is 0 Å². The van der Waals surface area contributed by atoms with E-state index in [0.29, 0.717) is 0 Å². The smallest absolute Gasteiger partial charge is 0.0204 e. The van der Waals surface area contributed by atoms with Gasteiger partial charge in [0, 0.05) is 0 Å². The number of rotatable bonds is 0. The Morgan fingerprint density at radius 3 is 2.56 bits per heavy atom. The lowest BCUT2D eigenvalue weighted by Gasteiger charge is -2.29.